The lowest BCUT2D eigenvalue weighted by Crippen LogP contribution is -2.58. The number of rotatable bonds is 3. The SMILES string of the molecule is Cc1cc(-c2ccccc2)ccc1-c1c2ccc([Si](C)(C(C)(C)C)C(C)(C)C)cc2cc[n+]1C. The quantitative estimate of drug-likeness (QED) is 0.212. The van der Waals surface area contributed by atoms with Gasteiger partial charge in [0, 0.05) is 11.6 Å². The first-order chi connectivity index (χ1) is 15.8. The Balaban J connectivity index is 1.89. The first kappa shape index (κ1) is 24.4. The van der Waals surface area contributed by atoms with Gasteiger partial charge in [-0.05, 0) is 51.2 Å². The third kappa shape index (κ3) is 4.03. The predicted molar refractivity (Wildman–Crippen MR) is 151 cm³/mol. The number of hydrogen-bond acceptors (Lipinski definition) is 0. The minimum atomic E-state index is -1.82. The van der Waals surface area contributed by atoms with Crippen molar-refractivity contribution in [3.05, 3.63) is 84.6 Å². The smallest absolute Gasteiger partial charge is 0.200 e. The summed E-state index contributed by atoms with van der Waals surface area (Å²) in [5.41, 5.74) is 6.42. The van der Waals surface area contributed by atoms with Crippen LogP contribution in [0.15, 0.2) is 79.0 Å². The summed E-state index contributed by atoms with van der Waals surface area (Å²) in [7, 11) is 0.344. The number of pyridine rings is 1. The highest BCUT2D eigenvalue weighted by Gasteiger charge is 2.50. The molecule has 0 spiro atoms. The lowest BCUT2D eigenvalue weighted by atomic mass is 9.95. The Morgan fingerprint density at radius 3 is 1.94 bits per heavy atom. The van der Waals surface area contributed by atoms with Gasteiger partial charge in [0.2, 0.25) is 5.69 Å². The van der Waals surface area contributed by atoms with Crippen molar-refractivity contribution >= 4 is 24.0 Å². The summed E-state index contributed by atoms with van der Waals surface area (Å²) >= 11 is 0. The van der Waals surface area contributed by atoms with Crippen molar-refractivity contribution in [1.82, 2.24) is 0 Å². The molecule has 0 atom stereocenters. The van der Waals surface area contributed by atoms with Gasteiger partial charge in [-0.15, -0.1) is 0 Å². The third-order valence-electron chi connectivity index (χ3n) is 8.30. The Morgan fingerprint density at radius 1 is 0.706 bits per heavy atom. The second kappa shape index (κ2) is 8.50. The topological polar surface area (TPSA) is 3.88 Å². The van der Waals surface area contributed by atoms with E-state index in [-0.39, 0.29) is 10.1 Å². The van der Waals surface area contributed by atoms with E-state index in [1.165, 1.54) is 38.7 Å². The molecule has 0 aliphatic carbocycles. The minimum absolute atomic E-state index is 0.269. The van der Waals surface area contributed by atoms with Crippen LogP contribution in [0.1, 0.15) is 47.1 Å². The van der Waals surface area contributed by atoms with Crippen LogP contribution >= 0.6 is 0 Å². The second-order valence-corrected chi connectivity index (χ2v) is 17.9. The molecule has 0 saturated heterocycles. The van der Waals surface area contributed by atoms with Crippen molar-refractivity contribution < 1.29 is 4.57 Å². The Kier molecular flexibility index (Phi) is 6.10. The van der Waals surface area contributed by atoms with Crippen LogP contribution in [0.3, 0.4) is 0 Å². The van der Waals surface area contributed by atoms with Crippen LogP contribution in [0.5, 0.6) is 0 Å². The number of fused-ring (bicyclic) bond motifs is 1. The zero-order valence-corrected chi connectivity index (χ0v) is 23.5. The van der Waals surface area contributed by atoms with E-state index in [0.717, 1.165) is 0 Å². The van der Waals surface area contributed by atoms with Crippen LogP contribution in [-0.2, 0) is 7.05 Å². The zero-order valence-electron chi connectivity index (χ0n) is 22.5. The van der Waals surface area contributed by atoms with Crippen molar-refractivity contribution in [3.63, 3.8) is 0 Å². The first-order valence-corrected chi connectivity index (χ1v) is 14.9. The first-order valence-electron chi connectivity index (χ1n) is 12.4. The molecular formula is C32H40NSi+. The molecule has 34 heavy (non-hydrogen) atoms. The zero-order chi connectivity index (χ0) is 24.9. The molecule has 0 radical (unpaired) electrons. The summed E-state index contributed by atoms with van der Waals surface area (Å²) in [6.07, 6.45) is 2.22. The molecule has 4 aromatic rings. The van der Waals surface area contributed by atoms with Crippen LogP contribution in [0.25, 0.3) is 33.2 Å². The van der Waals surface area contributed by atoms with E-state index in [2.05, 4.69) is 146 Å². The van der Waals surface area contributed by atoms with Gasteiger partial charge in [-0.25, -0.2) is 4.57 Å². The lowest BCUT2D eigenvalue weighted by molar-refractivity contribution is -0.659. The van der Waals surface area contributed by atoms with Crippen LogP contribution in [0.2, 0.25) is 16.6 Å². The number of nitrogens with zero attached hydrogens (tertiary/aromatic N) is 1. The van der Waals surface area contributed by atoms with Gasteiger partial charge in [0.15, 0.2) is 6.20 Å². The minimum Gasteiger partial charge on any atom is -0.200 e. The molecule has 0 unspecified atom stereocenters. The van der Waals surface area contributed by atoms with Gasteiger partial charge in [-0.1, -0.05) is 108 Å². The number of aromatic nitrogens is 1. The van der Waals surface area contributed by atoms with Gasteiger partial charge < -0.3 is 0 Å². The highest BCUT2D eigenvalue weighted by atomic mass is 28.3. The number of benzene rings is 3. The van der Waals surface area contributed by atoms with E-state index in [1.807, 2.05) is 0 Å². The molecular weight excluding hydrogens is 426 g/mol. The molecule has 0 aliphatic heterocycles. The summed E-state index contributed by atoms with van der Waals surface area (Å²) in [5.74, 6) is 0. The fraction of sp³-hybridized carbons (Fsp3) is 0.344. The molecule has 1 heterocycles. The van der Waals surface area contributed by atoms with Crippen LogP contribution in [-0.4, -0.2) is 8.07 Å². The molecule has 1 nitrogen and oxygen atoms in total. The van der Waals surface area contributed by atoms with Crippen LogP contribution in [0, 0.1) is 6.92 Å². The van der Waals surface area contributed by atoms with E-state index >= 15 is 0 Å². The molecule has 3 aromatic carbocycles. The Morgan fingerprint density at radius 2 is 1.35 bits per heavy atom. The van der Waals surface area contributed by atoms with Gasteiger partial charge in [0.05, 0.1) is 13.5 Å². The van der Waals surface area contributed by atoms with Gasteiger partial charge >= 0.3 is 0 Å². The monoisotopic (exact) mass is 466 g/mol. The van der Waals surface area contributed by atoms with Gasteiger partial charge in [0.25, 0.3) is 0 Å². The summed E-state index contributed by atoms with van der Waals surface area (Å²) in [6, 6.07) is 27.1. The molecule has 0 saturated carbocycles. The molecule has 4 rings (SSSR count). The predicted octanol–water partition coefficient (Wildman–Crippen LogP) is 8.19. The van der Waals surface area contributed by atoms with Crippen LogP contribution in [0.4, 0.5) is 0 Å². The van der Waals surface area contributed by atoms with E-state index in [0.29, 0.717) is 0 Å². The average Bonchev–Trinajstić information content (AvgIpc) is 2.77. The average molecular weight is 467 g/mol. The van der Waals surface area contributed by atoms with E-state index in [4.69, 9.17) is 0 Å². The van der Waals surface area contributed by atoms with Gasteiger partial charge in [-0.2, -0.15) is 0 Å². The Hall–Kier alpha value is -2.71. The van der Waals surface area contributed by atoms with Crippen molar-refractivity contribution in [1.29, 1.82) is 0 Å². The Bertz CT molecular complexity index is 1320. The summed E-state index contributed by atoms with van der Waals surface area (Å²) in [5, 5.41) is 4.75. The largest absolute Gasteiger partial charge is 0.220 e. The maximum Gasteiger partial charge on any atom is 0.220 e. The van der Waals surface area contributed by atoms with Crippen molar-refractivity contribution in [2.75, 3.05) is 0 Å². The van der Waals surface area contributed by atoms with E-state index < -0.39 is 8.07 Å². The summed E-state index contributed by atoms with van der Waals surface area (Å²) in [6.45, 7) is 19.4. The molecule has 2 heteroatoms. The lowest BCUT2D eigenvalue weighted by Gasteiger charge is -2.50. The fourth-order valence-corrected chi connectivity index (χ4v) is 10.6. The van der Waals surface area contributed by atoms with Crippen molar-refractivity contribution in [3.8, 4) is 22.4 Å². The number of hydrogen-bond donors (Lipinski definition) is 0. The number of aryl methyl sites for hydroxylation is 2. The molecule has 1 aromatic heterocycles. The van der Waals surface area contributed by atoms with Crippen molar-refractivity contribution in [2.24, 2.45) is 7.05 Å². The maximum absolute atomic E-state index is 2.57. The molecule has 0 amide bonds. The van der Waals surface area contributed by atoms with Gasteiger partial charge in [-0.3, -0.25) is 0 Å². The Labute approximate surface area is 207 Å². The third-order valence-corrected chi connectivity index (χ3v) is 15.8. The van der Waals surface area contributed by atoms with E-state index in [9.17, 15) is 0 Å². The maximum atomic E-state index is 2.57. The molecule has 0 N–H and O–H groups in total. The van der Waals surface area contributed by atoms with E-state index in [1.54, 1.807) is 5.19 Å². The molecule has 0 fully saturated rings. The standard InChI is InChI=1S/C32H40NSi/c1-23-21-25(24-13-11-10-12-14-24)15-17-28(23)30-29-18-16-27(22-26(29)19-20-33(30)8)34(9,31(2,3)4)32(5,6)7/h10-22H,1-9H3/q+1. The highest BCUT2D eigenvalue weighted by molar-refractivity contribution is 6.95. The molecule has 0 aliphatic rings. The second-order valence-electron chi connectivity index (χ2n) is 12.1. The highest BCUT2D eigenvalue weighted by Crippen LogP contribution is 2.50. The summed E-state index contributed by atoms with van der Waals surface area (Å²) < 4.78 is 2.27. The summed E-state index contributed by atoms with van der Waals surface area (Å²) in [4.78, 5) is 0. The fourth-order valence-electron chi connectivity index (χ4n) is 5.75. The molecule has 176 valence electrons. The van der Waals surface area contributed by atoms with Crippen LogP contribution < -0.4 is 9.75 Å². The molecule has 0 bridgehead atoms. The normalized spacial score (nSPS) is 12.9. The van der Waals surface area contributed by atoms with Crippen molar-refractivity contribution in [2.45, 2.75) is 65.1 Å². The van der Waals surface area contributed by atoms with Gasteiger partial charge in [0.1, 0.15) is 7.05 Å².